The first-order valence-corrected chi connectivity index (χ1v) is 8.17. The van der Waals surface area contributed by atoms with Gasteiger partial charge in [0, 0.05) is 10.0 Å². The number of amides is 1. The Hall–Kier alpha value is -1.36. The Kier molecular flexibility index (Phi) is 6.60. The summed E-state index contributed by atoms with van der Waals surface area (Å²) < 4.78 is 6.15. The maximum Gasteiger partial charge on any atom is 0.408 e. The van der Waals surface area contributed by atoms with Crippen LogP contribution in [-0.4, -0.2) is 23.5 Å². The lowest BCUT2D eigenvalue weighted by molar-refractivity contribution is 0.0485. The summed E-state index contributed by atoms with van der Waals surface area (Å²) in [6.07, 6.45) is -0.00247. The Balaban J connectivity index is 2.85. The minimum Gasteiger partial charge on any atom is -0.444 e. The van der Waals surface area contributed by atoms with Gasteiger partial charge in [0.15, 0.2) is 5.78 Å². The van der Waals surface area contributed by atoms with Gasteiger partial charge in [0.25, 0.3) is 0 Å². The number of carbonyl (C=O) groups is 2. The number of Topliss-reactive ketones (excluding diaryl/α,β-unsaturated/α-hetero) is 1. The molecule has 0 radical (unpaired) electrons. The highest BCUT2D eigenvalue weighted by molar-refractivity contribution is 9.10. The van der Waals surface area contributed by atoms with Gasteiger partial charge >= 0.3 is 6.09 Å². The predicted octanol–water partition coefficient (Wildman–Crippen LogP) is 4.57. The molecule has 1 rings (SSSR count). The minimum atomic E-state index is -0.590. The number of carbonyl (C=O) groups excluding carboxylic acids is 2. The summed E-state index contributed by atoms with van der Waals surface area (Å²) in [6.45, 7) is 9.40. The second kappa shape index (κ2) is 7.77. The molecular weight excluding hydrogens is 346 g/mol. The maximum absolute atomic E-state index is 12.6. The van der Waals surface area contributed by atoms with E-state index < -0.39 is 17.7 Å². The molecule has 0 saturated heterocycles. The third-order valence-electron chi connectivity index (χ3n) is 2.84. The van der Waals surface area contributed by atoms with Crippen LogP contribution >= 0.6 is 15.9 Å². The highest BCUT2D eigenvalue weighted by atomic mass is 79.9. The Morgan fingerprint density at radius 1 is 1.18 bits per heavy atom. The average Bonchev–Trinajstić information content (AvgIpc) is 2.35. The molecule has 1 aromatic rings. The van der Waals surface area contributed by atoms with E-state index in [1.807, 2.05) is 26.0 Å². The van der Waals surface area contributed by atoms with Crippen molar-refractivity contribution in [3.05, 3.63) is 34.3 Å². The van der Waals surface area contributed by atoms with Crippen LogP contribution < -0.4 is 5.32 Å². The second-order valence-corrected chi connectivity index (χ2v) is 7.62. The van der Waals surface area contributed by atoms with E-state index in [1.165, 1.54) is 0 Å². The Labute approximate surface area is 140 Å². The number of hydrogen-bond donors (Lipinski definition) is 1. The highest BCUT2D eigenvalue weighted by Crippen LogP contribution is 2.16. The number of rotatable bonds is 5. The third-order valence-corrected chi connectivity index (χ3v) is 3.37. The van der Waals surface area contributed by atoms with Crippen molar-refractivity contribution in [1.82, 2.24) is 5.32 Å². The van der Waals surface area contributed by atoms with E-state index in [0.717, 1.165) is 4.47 Å². The van der Waals surface area contributed by atoms with E-state index in [4.69, 9.17) is 4.74 Å². The summed E-state index contributed by atoms with van der Waals surface area (Å²) in [5.74, 6) is 0.173. The molecule has 22 heavy (non-hydrogen) atoms. The Morgan fingerprint density at radius 2 is 1.73 bits per heavy atom. The molecule has 1 N–H and O–H groups in total. The van der Waals surface area contributed by atoms with Gasteiger partial charge in [0.1, 0.15) is 5.60 Å². The molecule has 1 amide bonds. The zero-order valence-electron chi connectivity index (χ0n) is 13.8. The van der Waals surface area contributed by atoms with Gasteiger partial charge in [-0.05, 0) is 45.2 Å². The number of nitrogens with one attached hydrogen (secondary N) is 1. The molecule has 4 nitrogen and oxygen atoms in total. The standard InChI is InChI=1S/C17H24BrNO3/c1-11(2)10-14(19-16(21)22-17(3,4)5)15(20)12-6-8-13(18)9-7-12/h6-9,11,14H,10H2,1-5H3,(H,19,21)/t14-/m0/s1. The topological polar surface area (TPSA) is 55.4 Å². The molecule has 0 fully saturated rings. The Bertz CT molecular complexity index is 518. The van der Waals surface area contributed by atoms with Crippen molar-refractivity contribution in [2.75, 3.05) is 0 Å². The van der Waals surface area contributed by atoms with E-state index in [-0.39, 0.29) is 11.7 Å². The first kappa shape index (κ1) is 18.7. The molecule has 0 aromatic heterocycles. The van der Waals surface area contributed by atoms with Gasteiger partial charge < -0.3 is 10.1 Å². The fourth-order valence-electron chi connectivity index (χ4n) is 1.97. The molecule has 0 saturated carbocycles. The molecule has 1 atom stereocenters. The van der Waals surface area contributed by atoms with Gasteiger partial charge in [0.05, 0.1) is 6.04 Å². The van der Waals surface area contributed by atoms with E-state index in [0.29, 0.717) is 12.0 Å². The summed E-state index contributed by atoms with van der Waals surface area (Å²) in [5, 5.41) is 2.70. The van der Waals surface area contributed by atoms with E-state index >= 15 is 0 Å². The maximum atomic E-state index is 12.6. The summed E-state index contributed by atoms with van der Waals surface area (Å²) >= 11 is 3.34. The van der Waals surface area contributed by atoms with Crippen LogP contribution in [0.15, 0.2) is 28.7 Å². The van der Waals surface area contributed by atoms with Crippen molar-refractivity contribution >= 4 is 27.8 Å². The molecule has 0 aliphatic rings. The number of benzene rings is 1. The van der Waals surface area contributed by atoms with Gasteiger partial charge in [-0.1, -0.05) is 41.9 Å². The van der Waals surface area contributed by atoms with Crippen LogP contribution in [-0.2, 0) is 4.74 Å². The quantitative estimate of drug-likeness (QED) is 0.773. The molecular formula is C17H24BrNO3. The third kappa shape index (κ3) is 6.60. The normalized spacial score (nSPS) is 12.9. The van der Waals surface area contributed by atoms with Gasteiger partial charge in [-0.2, -0.15) is 0 Å². The predicted molar refractivity (Wildman–Crippen MR) is 91.1 cm³/mol. The molecule has 122 valence electrons. The van der Waals surface area contributed by atoms with Crippen molar-refractivity contribution in [3.8, 4) is 0 Å². The summed E-state index contributed by atoms with van der Waals surface area (Å²) in [7, 11) is 0. The molecule has 0 spiro atoms. The van der Waals surface area contributed by atoms with Crippen LogP contribution in [0.4, 0.5) is 4.79 Å². The molecule has 0 aliphatic heterocycles. The van der Waals surface area contributed by atoms with Crippen LogP contribution in [0.2, 0.25) is 0 Å². The van der Waals surface area contributed by atoms with Crippen LogP contribution in [0.5, 0.6) is 0 Å². The first-order valence-electron chi connectivity index (χ1n) is 7.38. The fraction of sp³-hybridized carbons (Fsp3) is 0.529. The average molecular weight is 370 g/mol. The lowest BCUT2D eigenvalue weighted by atomic mass is 9.96. The summed E-state index contributed by atoms with van der Waals surface area (Å²) in [4.78, 5) is 24.6. The van der Waals surface area contributed by atoms with Crippen LogP contribution in [0.1, 0.15) is 51.4 Å². The van der Waals surface area contributed by atoms with Crippen molar-refractivity contribution in [2.45, 2.75) is 52.7 Å². The van der Waals surface area contributed by atoms with Gasteiger partial charge in [0.2, 0.25) is 0 Å². The van der Waals surface area contributed by atoms with Crippen molar-refractivity contribution in [3.63, 3.8) is 0 Å². The first-order chi connectivity index (χ1) is 10.1. The smallest absolute Gasteiger partial charge is 0.408 e. The molecule has 1 aromatic carbocycles. The minimum absolute atomic E-state index is 0.105. The van der Waals surface area contributed by atoms with Crippen molar-refractivity contribution < 1.29 is 14.3 Å². The number of ether oxygens (including phenoxy) is 1. The molecule has 5 heteroatoms. The van der Waals surface area contributed by atoms with Gasteiger partial charge in [-0.25, -0.2) is 4.79 Å². The zero-order chi connectivity index (χ0) is 16.9. The summed E-state index contributed by atoms with van der Waals surface area (Å²) in [6, 6.07) is 6.53. The lowest BCUT2D eigenvalue weighted by Gasteiger charge is -2.24. The second-order valence-electron chi connectivity index (χ2n) is 6.70. The van der Waals surface area contributed by atoms with Crippen LogP contribution in [0.25, 0.3) is 0 Å². The van der Waals surface area contributed by atoms with Crippen molar-refractivity contribution in [1.29, 1.82) is 0 Å². The monoisotopic (exact) mass is 369 g/mol. The number of alkyl carbamates (subject to hydrolysis) is 1. The van der Waals surface area contributed by atoms with Crippen molar-refractivity contribution in [2.24, 2.45) is 5.92 Å². The number of hydrogen-bond acceptors (Lipinski definition) is 3. The molecule has 0 bridgehead atoms. The molecule has 0 heterocycles. The number of halogens is 1. The van der Waals surface area contributed by atoms with Crippen LogP contribution in [0, 0.1) is 5.92 Å². The summed E-state index contributed by atoms with van der Waals surface area (Å²) in [5.41, 5.74) is -0.0162. The van der Waals surface area contributed by atoms with Gasteiger partial charge in [-0.3, -0.25) is 4.79 Å². The molecule has 0 unspecified atom stereocenters. The van der Waals surface area contributed by atoms with E-state index in [9.17, 15) is 9.59 Å². The van der Waals surface area contributed by atoms with E-state index in [2.05, 4.69) is 21.2 Å². The largest absolute Gasteiger partial charge is 0.444 e. The zero-order valence-corrected chi connectivity index (χ0v) is 15.4. The van der Waals surface area contributed by atoms with Gasteiger partial charge in [-0.15, -0.1) is 0 Å². The lowest BCUT2D eigenvalue weighted by Crippen LogP contribution is -2.44. The SMILES string of the molecule is CC(C)C[C@H](NC(=O)OC(C)(C)C)C(=O)c1ccc(Br)cc1. The Morgan fingerprint density at radius 3 is 2.18 bits per heavy atom. The van der Waals surface area contributed by atoms with E-state index in [1.54, 1.807) is 32.9 Å². The number of ketones is 1. The highest BCUT2D eigenvalue weighted by Gasteiger charge is 2.25. The molecule has 0 aliphatic carbocycles. The van der Waals surface area contributed by atoms with Crippen LogP contribution in [0.3, 0.4) is 0 Å². The fourth-order valence-corrected chi connectivity index (χ4v) is 2.23.